The van der Waals surface area contributed by atoms with Gasteiger partial charge in [-0.1, -0.05) is 18.2 Å². The van der Waals surface area contributed by atoms with Crippen LogP contribution in [0.2, 0.25) is 0 Å². The first-order chi connectivity index (χ1) is 9.09. The van der Waals surface area contributed by atoms with Crippen LogP contribution in [0.3, 0.4) is 0 Å². The number of aryl methyl sites for hydroxylation is 1. The van der Waals surface area contributed by atoms with Crippen LogP contribution in [0.25, 0.3) is 0 Å². The second kappa shape index (κ2) is 4.31. The second-order valence-corrected chi connectivity index (χ2v) is 5.33. The van der Waals surface area contributed by atoms with Crippen LogP contribution < -0.4 is 0 Å². The first-order valence-electron chi connectivity index (χ1n) is 5.84. The Balaban J connectivity index is 2.25. The van der Waals surface area contributed by atoms with Gasteiger partial charge in [-0.05, 0) is 46.6 Å². The minimum atomic E-state index is -0.225. The van der Waals surface area contributed by atoms with Gasteiger partial charge in [0.2, 0.25) is 5.69 Å². The van der Waals surface area contributed by atoms with Crippen molar-refractivity contribution in [1.82, 2.24) is 0 Å². The van der Waals surface area contributed by atoms with E-state index in [0.29, 0.717) is 16.8 Å². The van der Waals surface area contributed by atoms with Gasteiger partial charge in [0.1, 0.15) is 5.56 Å². The maximum absolute atomic E-state index is 12.4. The third-order valence-corrected chi connectivity index (χ3v) is 3.86. The van der Waals surface area contributed by atoms with Crippen LogP contribution in [0.1, 0.15) is 21.5 Å². The molecule has 3 rings (SSSR count). The van der Waals surface area contributed by atoms with Crippen LogP contribution in [-0.2, 0) is 0 Å². The van der Waals surface area contributed by atoms with Crippen molar-refractivity contribution in [2.45, 2.75) is 6.92 Å². The normalized spacial score (nSPS) is 13.9. The van der Waals surface area contributed by atoms with Crippen molar-refractivity contribution >= 4 is 33.1 Å². The molecule has 0 atom stereocenters. The third kappa shape index (κ3) is 1.79. The highest BCUT2D eigenvalue weighted by Crippen LogP contribution is 2.30. The number of ketones is 1. The molecule has 1 heterocycles. The summed E-state index contributed by atoms with van der Waals surface area (Å²) in [7, 11) is 0. The Morgan fingerprint density at radius 1 is 1.11 bits per heavy atom. The Labute approximate surface area is 118 Å². The summed E-state index contributed by atoms with van der Waals surface area (Å²) in [6, 6.07) is 12.5. The summed E-state index contributed by atoms with van der Waals surface area (Å²) in [6.45, 7) is 1.90. The van der Waals surface area contributed by atoms with Crippen LogP contribution in [0, 0.1) is 12.1 Å². The molecule has 94 valence electrons. The molecule has 1 aliphatic rings. The number of carbonyl (C=O) groups excluding carboxylic acids is 1. The number of nitrogens with zero attached hydrogens (tertiary/aromatic N) is 1. The van der Waals surface area contributed by atoms with Crippen LogP contribution in [0.4, 0.5) is 5.69 Å². The zero-order valence-corrected chi connectivity index (χ0v) is 11.8. The molecule has 0 saturated heterocycles. The fourth-order valence-corrected chi connectivity index (χ4v) is 2.70. The molecular formula is C15H10BrNO2. The van der Waals surface area contributed by atoms with Crippen LogP contribution in [0.5, 0.6) is 0 Å². The number of hydrogen-bond donors (Lipinski definition) is 0. The van der Waals surface area contributed by atoms with E-state index in [9.17, 15) is 10.0 Å². The molecule has 0 aromatic heterocycles. The van der Waals surface area contributed by atoms with E-state index in [0.717, 1.165) is 14.8 Å². The minimum absolute atomic E-state index is 0.174. The summed E-state index contributed by atoms with van der Waals surface area (Å²) < 4.78 is 1.47. The first kappa shape index (κ1) is 12.1. The maximum Gasteiger partial charge on any atom is 0.274 e. The molecule has 0 N–H and O–H groups in total. The summed E-state index contributed by atoms with van der Waals surface area (Å²) in [6.07, 6.45) is 0. The van der Waals surface area contributed by atoms with Crippen molar-refractivity contribution in [3.63, 3.8) is 0 Å². The average molecular weight is 316 g/mol. The van der Waals surface area contributed by atoms with Gasteiger partial charge in [0.25, 0.3) is 11.5 Å². The Kier molecular flexibility index (Phi) is 2.75. The monoisotopic (exact) mass is 315 g/mol. The van der Waals surface area contributed by atoms with Crippen LogP contribution in [-0.4, -0.2) is 16.2 Å². The first-order valence-corrected chi connectivity index (χ1v) is 6.63. The maximum atomic E-state index is 12.4. The molecule has 1 aliphatic heterocycles. The van der Waals surface area contributed by atoms with E-state index < -0.39 is 0 Å². The number of halogens is 1. The minimum Gasteiger partial charge on any atom is -0.618 e. The molecule has 0 fully saturated rings. The molecular weight excluding hydrogens is 306 g/mol. The highest BCUT2D eigenvalue weighted by atomic mass is 79.9. The largest absolute Gasteiger partial charge is 0.618 e. The SMILES string of the molecule is Cc1ccc2c(c1)[N+]([O-])=C(c1ccccc1Br)C2=O. The molecule has 0 aliphatic carbocycles. The van der Waals surface area contributed by atoms with Crippen molar-refractivity contribution in [2.75, 3.05) is 0 Å². The molecule has 19 heavy (non-hydrogen) atoms. The number of hydrogen-bond acceptors (Lipinski definition) is 2. The molecule has 2 aromatic rings. The lowest BCUT2D eigenvalue weighted by Gasteiger charge is -2.03. The zero-order chi connectivity index (χ0) is 13.6. The van der Waals surface area contributed by atoms with E-state index in [1.165, 1.54) is 0 Å². The molecule has 0 saturated carbocycles. The van der Waals surface area contributed by atoms with Gasteiger partial charge >= 0.3 is 0 Å². The van der Waals surface area contributed by atoms with Crippen molar-refractivity contribution in [1.29, 1.82) is 0 Å². The summed E-state index contributed by atoms with van der Waals surface area (Å²) in [5, 5.41) is 12.4. The van der Waals surface area contributed by atoms with Gasteiger partial charge < -0.3 is 5.21 Å². The summed E-state index contributed by atoms with van der Waals surface area (Å²) in [5.41, 5.74) is 2.65. The van der Waals surface area contributed by atoms with E-state index in [-0.39, 0.29) is 11.5 Å². The predicted octanol–water partition coefficient (Wildman–Crippen LogP) is 3.58. The number of benzene rings is 2. The predicted molar refractivity (Wildman–Crippen MR) is 77.0 cm³/mol. The van der Waals surface area contributed by atoms with Crippen LogP contribution >= 0.6 is 15.9 Å². The molecule has 3 nitrogen and oxygen atoms in total. The van der Waals surface area contributed by atoms with Gasteiger partial charge in [-0.2, -0.15) is 4.74 Å². The van der Waals surface area contributed by atoms with Gasteiger partial charge in [0.05, 0.1) is 5.56 Å². The average Bonchev–Trinajstić information content (AvgIpc) is 2.63. The van der Waals surface area contributed by atoms with E-state index in [1.807, 2.05) is 31.2 Å². The summed E-state index contributed by atoms with van der Waals surface area (Å²) >= 11 is 3.38. The summed E-state index contributed by atoms with van der Waals surface area (Å²) in [5.74, 6) is -0.225. The zero-order valence-electron chi connectivity index (χ0n) is 10.2. The van der Waals surface area contributed by atoms with Crippen molar-refractivity contribution in [3.05, 3.63) is 68.8 Å². The fraction of sp³-hybridized carbons (Fsp3) is 0.0667. The Bertz CT molecular complexity index is 735. The standard InChI is InChI=1S/C15H10BrNO2/c1-9-6-7-11-13(8-9)17(19)14(15(11)18)10-4-2-3-5-12(10)16/h2-8H,1H3. The lowest BCUT2D eigenvalue weighted by Crippen LogP contribution is -2.17. The molecule has 0 spiro atoms. The quantitative estimate of drug-likeness (QED) is 0.596. The Morgan fingerprint density at radius 3 is 2.58 bits per heavy atom. The van der Waals surface area contributed by atoms with Gasteiger partial charge in [-0.3, -0.25) is 4.79 Å². The number of rotatable bonds is 1. The van der Waals surface area contributed by atoms with Crippen molar-refractivity contribution < 1.29 is 9.53 Å². The van der Waals surface area contributed by atoms with E-state index in [1.54, 1.807) is 18.2 Å². The molecule has 0 amide bonds. The molecule has 0 unspecified atom stereocenters. The Morgan fingerprint density at radius 2 is 1.84 bits per heavy atom. The fourth-order valence-electron chi connectivity index (χ4n) is 2.23. The van der Waals surface area contributed by atoms with Crippen molar-refractivity contribution in [3.8, 4) is 0 Å². The highest BCUT2D eigenvalue weighted by molar-refractivity contribution is 9.10. The summed E-state index contributed by atoms with van der Waals surface area (Å²) in [4.78, 5) is 12.4. The molecule has 0 radical (unpaired) electrons. The molecule has 4 heteroatoms. The van der Waals surface area contributed by atoms with E-state index in [2.05, 4.69) is 15.9 Å². The number of Topliss-reactive ketones (excluding diaryl/α,β-unsaturated/α-hetero) is 1. The van der Waals surface area contributed by atoms with E-state index >= 15 is 0 Å². The number of fused-ring (bicyclic) bond motifs is 1. The third-order valence-electron chi connectivity index (χ3n) is 3.16. The molecule has 2 aromatic carbocycles. The Hall–Kier alpha value is -1.94. The smallest absolute Gasteiger partial charge is 0.274 e. The second-order valence-electron chi connectivity index (χ2n) is 4.47. The van der Waals surface area contributed by atoms with Gasteiger partial charge in [0.15, 0.2) is 0 Å². The lowest BCUT2D eigenvalue weighted by atomic mass is 10.0. The van der Waals surface area contributed by atoms with Gasteiger partial charge in [-0.15, -0.1) is 0 Å². The topological polar surface area (TPSA) is 43.1 Å². The number of carbonyl (C=O) groups is 1. The van der Waals surface area contributed by atoms with Gasteiger partial charge in [0, 0.05) is 10.5 Å². The van der Waals surface area contributed by atoms with Gasteiger partial charge in [-0.25, -0.2) is 0 Å². The van der Waals surface area contributed by atoms with E-state index in [4.69, 9.17) is 0 Å². The van der Waals surface area contributed by atoms with Crippen molar-refractivity contribution in [2.24, 2.45) is 0 Å². The highest BCUT2D eigenvalue weighted by Gasteiger charge is 2.37. The van der Waals surface area contributed by atoms with Crippen LogP contribution in [0.15, 0.2) is 46.9 Å². The molecule has 0 bridgehead atoms. The lowest BCUT2D eigenvalue weighted by molar-refractivity contribution is -0.355.